The highest BCUT2D eigenvalue weighted by molar-refractivity contribution is 5.91. The molecule has 4 rings (SSSR count). The standard InChI is InChI=1S/C17H27N5O2/c1-11(2)14-9-21-8-12(7-13(21)10-24-14)18-17(23)16-20-19-15-5-3-4-6-22(15)16/h11-14H,3-10H2,1-2H3,(H,18,23)/t12-,13-,14+/m0/s1. The molecule has 24 heavy (non-hydrogen) atoms. The minimum Gasteiger partial charge on any atom is -0.375 e. The van der Waals surface area contributed by atoms with Crippen LogP contribution in [-0.4, -0.2) is 63.5 Å². The molecule has 1 amide bonds. The van der Waals surface area contributed by atoms with Crippen molar-refractivity contribution in [3.8, 4) is 0 Å². The fraction of sp³-hybridized carbons (Fsp3) is 0.824. The summed E-state index contributed by atoms with van der Waals surface area (Å²) in [6.07, 6.45) is 4.42. The number of morpholine rings is 1. The van der Waals surface area contributed by atoms with Gasteiger partial charge in [0.1, 0.15) is 5.82 Å². The SMILES string of the molecule is CC(C)[C@H]1CN2C[C@@H](NC(=O)c3nnc4n3CCCC4)C[C@H]2CO1. The normalized spacial score (nSPS) is 30.2. The molecule has 7 nitrogen and oxygen atoms in total. The molecule has 0 bridgehead atoms. The van der Waals surface area contributed by atoms with Gasteiger partial charge in [-0.15, -0.1) is 10.2 Å². The third kappa shape index (κ3) is 2.95. The number of carbonyl (C=O) groups is 1. The molecular weight excluding hydrogens is 306 g/mol. The molecule has 3 aliphatic rings. The van der Waals surface area contributed by atoms with Gasteiger partial charge in [0.05, 0.1) is 12.7 Å². The van der Waals surface area contributed by atoms with E-state index in [0.717, 1.165) is 57.7 Å². The summed E-state index contributed by atoms with van der Waals surface area (Å²) in [7, 11) is 0. The first-order valence-corrected chi connectivity index (χ1v) is 9.20. The largest absolute Gasteiger partial charge is 0.375 e. The van der Waals surface area contributed by atoms with E-state index in [1.807, 2.05) is 4.57 Å². The van der Waals surface area contributed by atoms with E-state index in [-0.39, 0.29) is 11.9 Å². The number of aryl methyl sites for hydroxylation is 1. The fourth-order valence-corrected chi connectivity index (χ4v) is 4.13. The Balaban J connectivity index is 1.38. The van der Waals surface area contributed by atoms with Crippen LogP contribution in [0.3, 0.4) is 0 Å². The third-order valence-corrected chi connectivity index (χ3v) is 5.59. The lowest BCUT2D eigenvalue weighted by Gasteiger charge is -2.36. The van der Waals surface area contributed by atoms with E-state index in [1.165, 1.54) is 0 Å². The second kappa shape index (κ2) is 6.44. The van der Waals surface area contributed by atoms with Crippen LogP contribution in [0.15, 0.2) is 0 Å². The van der Waals surface area contributed by atoms with Crippen LogP contribution in [0.4, 0.5) is 0 Å². The number of rotatable bonds is 3. The average Bonchev–Trinajstić information content (AvgIpc) is 3.17. The summed E-state index contributed by atoms with van der Waals surface area (Å²) in [6.45, 7) is 7.91. The zero-order valence-corrected chi connectivity index (χ0v) is 14.6. The van der Waals surface area contributed by atoms with Crippen LogP contribution < -0.4 is 5.32 Å². The lowest BCUT2D eigenvalue weighted by molar-refractivity contribution is -0.0683. The highest BCUT2D eigenvalue weighted by Gasteiger charge is 2.39. The molecule has 0 spiro atoms. The molecule has 4 heterocycles. The molecule has 0 aromatic carbocycles. The number of carbonyl (C=O) groups excluding carboxylic acids is 1. The summed E-state index contributed by atoms with van der Waals surface area (Å²) in [5.74, 6) is 1.87. The van der Waals surface area contributed by atoms with Crippen LogP contribution in [-0.2, 0) is 17.7 Å². The van der Waals surface area contributed by atoms with Crippen molar-refractivity contribution in [1.82, 2.24) is 25.0 Å². The van der Waals surface area contributed by atoms with E-state index in [0.29, 0.717) is 23.9 Å². The minimum atomic E-state index is -0.0816. The number of aromatic nitrogens is 3. The van der Waals surface area contributed by atoms with Crippen LogP contribution in [0.1, 0.15) is 49.6 Å². The molecule has 0 radical (unpaired) electrons. The van der Waals surface area contributed by atoms with Gasteiger partial charge in [0.2, 0.25) is 5.82 Å². The average molecular weight is 333 g/mol. The van der Waals surface area contributed by atoms with Crippen LogP contribution in [0.25, 0.3) is 0 Å². The van der Waals surface area contributed by atoms with Gasteiger partial charge < -0.3 is 14.6 Å². The molecule has 0 unspecified atom stereocenters. The Hall–Kier alpha value is -1.47. The van der Waals surface area contributed by atoms with Gasteiger partial charge >= 0.3 is 0 Å². The second-order valence-corrected chi connectivity index (χ2v) is 7.68. The van der Waals surface area contributed by atoms with Gasteiger partial charge in [-0.2, -0.15) is 0 Å². The molecule has 0 saturated carbocycles. The maximum absolute atomic E-state index is 12.6. The Morgan fingerprint density at radius 3 is 3.00 bits per heavy atom. The summed E-state index contributed by atoms with van der Waals surface area (Å²) in [6, 6.07) is 0.603. The van der Waals surface area contributed by atoms with Gasteiger partial charge in [-0.3, -0.25) is 9.69 Å². The van der Waals surface area contributed by atoms with Crippen molar-refractivity contribution in [2.75, 3.05) is 19.7 Å². The summed E-state index contributed by atoms with van der Waals surface area (Å²) in [5.41, 5.74) is 0. The Morgan fingerprint density at radius 2 is 2.17 bits per heavy atom. The number of nitrogens with zero attached hydrogens (tertiary/aromatic N) is 4. The van der Waals surface area contributed by atoms with Crippen molar-refractivity contribution < 1.29 is 9.53 Å². The van der Waals surface area contributed by atoms with Gasteiger partial charge in [0, 0.05) is 38.1 Å². The highest BCUT2D eigenvalue weighted by Crippen LogP contribution is 2.26. The first kappa shape index (κ1) is 16.0. The fourth-order valence-electron chi connectivity index (χ4n) is 4.13. The Morgan fingerprint density at radius 1 is 1.29 bits per heavy atom. The Labute approximate surface area is 142 Å². The maximum Gasteiger partial charge on any atom is 0.289 e. The minimum absolute atomic E-state index is 0.0816. The van der Waals surface area contributed by atoms with Crippen LogP contribution >= 0.6 is 0 Å². The van der Waals surface area contributed by atoms with E-state index in [9.17, 15) is 4.79 Å². The van der Waals surface area contributed by atoms with Gasteiger partial charge in [-0.05, 0) is 25.2 Å². The van der Waals surface area contributed by atoms with E-state index in [4.69, 9.17) is 4.74 Å². The molecule has 3 aliphatic heterocycles. The Bertz CT molecular complexity index is 614. The quantitative estimate of drug-likeness (QED) is 0.887. The van der Waals surface area contributed by atoms with Crippen molar-refractivity contribution in [2.45, 2.75) is 64.3 Å². The number of hydrogen-bond donors (Lipinski definition) is 1. The molecule has 132 valence electrons. The topological polar surface area (TPSA) is 72.3 Å². The molecule has 2 saturated heterocycles. The molecule has 1 aromatic heterocycles. The van der Waals surface area contributed by atoms with E-state index < -0.39 is 0 Å². The lowest BCUT2D eigenvalue weighted by atomic mass is 10.0. The van der Waals surface area contributed by atoms with Crippen molar-refractivity contribution in [1.29, 1.82) is 0 Å². The summed E-state index contributed by atoms with van der Waals surface area (Å²) in [4.78, 5) is 15.1. The zero-order chi connectivity index (χ0) is 16.7. The highest BCUT2D eigenvalue weighted by atomic mass is 16.5. The number of fused-ring (bicyclic) bond motifs is 2. The van der Waals surface area contributed by atoms with Crippen molar-refractivity contribution in [3.63, 3.8) is 0 Å². The van der Waals surface area contributed by atoms with Crippen LogP contribution in [0.5, 0.6) is 0 Å². The summed E-state index contributed by atoms with van der Waals surface area (Å²) >= 11 is 0. The van der Waals surface area contributed by atoms with E-state index >= 15 is 0 Å². The molecule has 1 aromatic rings. The monoisotopic (exact) mass is 333 g/mol. The molecule has 0 aliphatic carbocycles. The smallest absolute Gasteiger partial charge is 0.289 e. The summed E-state index contributed by atoms with van der Waals surface area (Å²) < 4.78 is 7.96. The summed E-state index contributed by atoms with van der Waals surface area (Å²) in [5, 5.41) is 11.5. The third-order valence-electron chi connectivity index (χ3n) is 5.59. The molecule has 1 N–H and O–H groups in total. The first-order chi connectivity index (χ1) is 11.6. The number of nitrogens with one attached hydrogen (secondary N) is 1. The second-order valence-electron chi connectivity index (χ2n) is 7.68. The van der Waals surface area contributed by atoms with Crippen LogP contribution in [0.2, 0.25) is 0 Å². The molecule has 2 fully saturated rings. The lowest BCUT2D eigenvalue weighted by Crippen LogP contribution is -2.48. The van der Waals surface area contributed by atoms with E-state index in [1.54, 1.807) is 0 Å². The van der Waals surface area contributed by atoms with Gasteiger partial charge in [-0.1, -0.05) is 13.8 Å². The number of amides is 1. The molecule has 7 heteroatoms. The van der Waals surface area contributed by atoms with Gasteiger partial charge in [0.15, 0.2) is 0 Å². The van der Waals surface area contributed by atoms with Crippen molar-refractivity contribution >= 4 is 5.91 Å². The molecule has 3 atom stereocenters. The van der Waals surface area contributed by atoms with Crippen molar-refractivity contribution in [2.24, 2.45) is 5.92 Å². The molecular formula is C17H27N5O2. The zero-order valence-electron chi connectivity index (χ0n) is 14.6. The Kier molecular flexibility index (Phi) is 4.30. The van der Waals surface area contributed by atoms with Gasteiger partial charge in [0.25, 0.3) is 5.91 Å². The first-order valence-electron chi connectivity index (χ1n) is 9.20. The van der Waals surface area contributed by atoms with Crippen molar-refractivity contribution in [3.05, 3.63) is 11.6 Å². The predicted octanol–water partition coefficient (Wildman–Crippen LogP) is 0.842. The number of hydrogen-bond acceptors (Lipinski definition) is 5. The van der Waals surface area contributed by atoms with Crippen LogP contribution in [0, 0.1) is 5.92 Å². The van der Waals surface area contributed by atoms with E-state index in [2.05, 4.69) is 34.3 Å². The van der Waals surface area contributed by atoms with Gasteiger partial charge in [-0.25, -0.2) is 0 Å². The number of ether oxygens (including phenoxy) is 1. The maximum atomic E-state index is 12.6. The predicted molar refractivity (Wildman–Crippen MR) is 88.8 cm³/mol.